The number of nitrogens with zero attached hydrogens (tertiary/aromatic N) is 2. The van der Waals surface area contributed by atoms with E-state index < -0.39 is 22.0 Å². The molecule has 0 radical (unpaired) electrons. The molecule has 3 aromatic rings. The Labute approximate surface area is 224 Å². The van der Waals surface area contributed by atoms with Crippen LogP contribution in [-0.2, 0) is 26.2 Å². The fraction of sp³-hybridized carbons (Fsp3) is 0.393. The van der Waals surface area contributed by atoms with E-state index in [2.05, 4.69) is 9.88 Å². The first-order chi connectivity index (χ1) is 17.7. The third kappa shape index (κ3) is 5.81. The molecular formula is C28H37N4O5S+. The zero-order valence-electron chi connectivity index (χ0n) is 23.0. The number of aryl methyl sites for hydroxylation is 1. The lowest BCUT2D eigenvalue weighted by atomic mass is 9.95. The number of amides is 2. The van der Waals surface area contributed by atoms with Gasteiger partial charge in [-0.25, -0.2) is 22.4 Å². The van der Waals surface area contributed by atoms with Gasteiger partial charge in [-0.05, 0) is 39.3 Å². The highest BCUT2D eigenvalue weighted by Gasteiger charge is 2.46. The number of likely N-dealkylation sites (N-methyl/N-ethyl adjacent to an activating group) is 1. The molecule has 0 saturated heterocycles. The van der Waals surface area contributed by atoms with E-state index in [0.29, 0.717) is 22.4 Å². The number of carbonyl (C=O) groups is 2. The topological polar surface area (TPSA) is 132 Å². The van der Waals surface area contributed by atoms with Gasteiger partial charge in [0.2, 0.25) is 5.88 Å². The summed E-state index contributed by atoms with van der Waals surface area (Å²) < 4.78 is 34.0. The number of hydrogen-bond donors (Lipinski definition) is 2. The van der Waals surface area contributed by atoms with Gasteiger partial charge in [-0.3, -0.25) is 4.79 Å². The first-order valence-corrected chi connectivity index (χ1v) is 14.0. The second-order valence-corrected chi connectivity index (χ2v) is 12.2. The van der Waals surface area contributed by atoms with E-state index in [4.69, 9.17) is 10.3 Å². The summed E-state index contributed by atoms with van der Waals surface area (Å²) in [5, 5.41) is 3.81. The first-order valence-electron chi connectivity index (χ1n) is 12.5. The van der Waals surface area contributed by atoms with Crippen molar-refractivity contribution >= 4 is 27.7 Å². The first kappa shape index (κ1) is 29.1. The highest BCUT2D eigenvalue weighted by molar-refractivity contribution is 7.92. The van der Waals surface area contributed by atoms with Gasteiger partial charge in [0.05, 0.1) is 23.6 Å². The number of primary amides is 1. The van der Waals surface area contributed by atoms with Gasteiger partial charge in [0, 0.05) is 22.6 Å². The van der Waals surface area contributed by atoms with E-state index in [1.165, 1.54) is 6.07 Å². The van der Waals surface area contributed by atoms with Gasteiger partial charge in [0.25, 0.3) is 15.9 Å². The maximum Gasteiger partial charge on any atom is 0.316 e. The third-order valence-electron chi connectivity index (χ3n) is 6.87. The van der Waals surface area contributed by atoms with Crippen molar-refractivity contribution in [3.8, 4) is 11.1 Å². The molecule has 0 spiro atoms. The number of benzene rings is 2. The molecule has 2 amide bonds. The number of rotatable bonds is 10. The summed E-state index contributed by atoms with van der Waals surface area (Å²) in [7, 11) is -2.22. The lowest BCUT2D eigenvalue weighted by Crippen LogP contribution is -2.63. The van der Waals surface area contributed by atoms with Gasteiger partial charge >= 0.3 is 5.91 Å². The Morgan fingerprint density at radius 3 is 2.13 bits per heavy atom. The van der Waals surface area contributed by atoms with Gasteiger partial charge in [-0.1, -0.05) is 61.5 Å². The number of quaternary nitrogens is 1. The largest absolute Gasteiger partial charge is 0.364 e. The molecule has 0 fully saturated rings. The number of nitrogens with one attached hydrogen (secondary N) is 1. The second kappa shape index (κ2) is 11.1. The van der Waals surface area contributed by atoms with Crippen LogP contribution in [0.1, 0.15) is 44.5 Å². The molecule has 204 valence electrons. The standard InChI is InChI=1S/C28H36N4O5S/c1-17(2)25(26(29)33)32(7,28(34)18(3)4)16-21-12-14-22(15-13-21)23-10-8-9-11-24(23)38(35,36)31-27-19(5)20(6)30-37-27/h8-15,17-18,25H,16H2,1-7H3,(H2-,29,30,31,33)/p+1/t25-,32?/m0/s1. The van der Waals surface area contributed by atoms with Crippen molar-refractivity contribution < 1.29 is 27.0 Å². The lowest BCUT2D eigenvalue weighted by molar-refractivity contribution is -0.869. The van der Waals surface area contributed by atoms with Gasteiger partial charge in [-0.2, -0.15) is 0 Å². The maximum absolute atomic E-state index is 13.3. The normalized spacial score (nSPS) is 14.3. The molecule has 0 saturated carbocycles. The molecule has 10 heteroatoms. The van der Waals surface area contributed by atoms with Crippen LogP contribution in [0.3, 0.4) is 0 Å². The van der Waals surface area contributed by atoms with E-state index in [1.54, 1.807) is 39.1 Å². The average molecular weight is 542 g/mol. The molecule has 3 rings (SSSR count). The number of carbonyl (C=O) groups excluding carboxylic acids is 2. The molecule has 3 N–H and O–H groups in total. The van der Waals surface area contributed by atoms with E-state index in [0.717, 1.165) is 5.56 Å². The third-order valence-corrected chi connectivity index (χ3v) is 8.26. The molecule has 2 atom stereocenters. The molecule has 1 aromatic heterocycles. The van der Waals surface area contributed by atoms with E-state index >= 15 is 0 Å². The lowest BCUT2D eigenvalue weighted by Gasteiger charge is -2.40. The van der Waals surface area contributed by atoms with Gasteiger partial charge < -0.3 is 10.3 Å². The van der Waals surface area contributed by atoms with Crippen molar-refractivity contribution in [3.63, 3.8) is 0 Å². The molecular weight excluding hydrogens is 504 g/mol. The Morgan fingerprint density at radius 2 is 1.63 bits per heavy atom. The number of anilines is 1. The summed E-state index contributed by atoms with van der Waals surface area (Å²) in [6.45, 7) is 11.1. The van der Waals surface area contributed by atoms with Crippen LogP contribution in [0, 0.1) is 25.7 Å². The Kier molecular flexibility index (Phi) is 8.48. The molecule has 0 aliphatic rings. The molecule has 2 aromatic carbocycles. The number of sulfonamides is 1. The van der Waals surface area contributed by atoms with Crippen LogP contribution in [0.15, 0.2) is 57.9 Å². The maximum atomic E-state index is 13.3. The van der Waals surface area contributed by atoms with Crippen LogP contribution in [-0.4, -0.2) is 43.0 Å². The predicted molar refractivity (Wildman–Crippen MR) is 146 cm³/mol. The number of hydrogen-bond acceptors (Lipinski definition) is 6. The minimum atomic E-state index is -3.97. The monoisotopic (exact) mass is 541 g/mol. The van der Waals surface area contributed by atoms with Crippen molar-refractivity contribution in [1.29, 1.82) is 0 Å². The summed E-state index contributed by atoms with van der Waals surface area (Å²) in [5.41, 5.74) is 8.98. The Morgan fingerprint density at radius 1 is 1.03 bits per heavy atom. The fourth-order valence-electron chi connectivity index (χ4n) is 4.97. The molecule has 1 heterocycles. The molecule has 0 bridgehead atoms. The van der Waals surface area contributed by atoms with Crippen molar-refractivity contribution in [2.75, 3.05) is 11.8 Å². The van der Waals surface area contributed by atoms with Crippen LogP contribution in [0.2, 0.25) is 0 Å². The van der Waals surface area contributed by atoms with Crippen LogP contribution < -0.4 is 10.5 Å². The molecule has 1 unspecified atom stereocenters. The second-order valence-electron chi connectivity index (χ2n) is 10.5. The number of nitrogens with two attached hydrogens (primary N) is 1. The van der Waals surface area contributed by atoms with Crippen LogP contribution >= 0.6 is 0 Å². The smallest absolute Gasteiger partial charge is 0.316 e. The van der Waals surface area contributed by atoms with Crippen molar-refractivity contribution in [1.82, 2.24) is 5.16 Å². The summed E-state index contributed by atoms with van der Waals surface area (Å²) >= 11 is 0. The Hall–Kier alpha value is -3.50. The average Bonchev–Trinajstić information content (AvgIpc) is 3.15. The van der Waals surface area contributed by atoms with Crippen LogP contribution in [0.5, 0.6) is 0 Å². The van der Waals surface area contributed by atoms with Crippen molar-refractivity contribution in [2.45, 2.75) is 59.0 Å². The SMILES string of the molecule is Cc1noc(NS(=O)(=O)c2ccccc2-c2ccc(C[N+](C)(C(=O)C(C)C)[C@H](C(N)=O)C(C)C)cc2)c1C. The van der Waals surface area contributed by atoms with Gasteiger partial charge in [0.15, 0.2) is 6.04 Å². The van der Waals surface area contributed by atoms with E-state index in [1.807, 2.05) is 52.0 Å². The van der Waals surface area contributed by atoms with Gasteiger partial charge in [0.1, 0.15) is 6.54 Å². The Balaban J connectivity index is 1.97. The predicted octanol–water partition coefficient (Wildman–Crippen LogP) is 4.40. The molecule has 0 aliphatic carbocycles. The van der Waals surface area contributed by atoms with Crippen molar-refractivity contribution in [3.05, 3.63) is 65.4 Å². The minimum Gasteiger partial charge on any atom is -0.364 e. The summed E-state index contributed by atoms with van der Waals surface area (Å²) in [6.07, 6.45) is 0. The van der Waals surface area contributed by atoms with E-state index in [9.17, 15) is 18.0 Å². The number of aromatic nitrogens is 1. The summed E-state index contributed by atoms with van der Waals surface area (Å²) in [6, 6.07) is 13.3. The highest BCUT2D eigenvalue weighted by Crippen LogP contribution is 2.31. The minimum absolute atomic E-state index is 0.0768. The fourth-order valence-corrected chi connectivity index (χ4v) is 6.24. The zero-order chi connectivity index (χ0) is 28.4. The molecule has 0 aliphatic heterocycles. The Bertz CT molecular complexity index is 1430. The summed E-state index contributed by atoms with van der Waals surface area (Å²) in [4.78, 5) is 25.8. The van der Waals surface area contributed by atoms with E-state index in [-0.39, 0.29) is 39.6 Å². The molecule has 38 heavy (non-hydrogen) atoms. The zero-order valence-corrected chi connectivity index (χ0v) is 23.8. The van der Waals surface area contributed by atoms with Crippen molar-refractivity contribution in [2.24, 2.45) is 17.6 Å². The molecule has 9 nitrogen and oxygen atoms in total. The quantitative estimate of drug-likeness (QED) is 0.366. The van der Waals surface area contributed by atoms with Crippen LogP contribution in [0.25, 0.3) is 11.1 Å². The van der Waals surface area contributed by atoms with Gasteiger partial charge in [-0.15, -0.1) is 0 Å². The van der Waals surface area contributed by atoms with Crippen LogP contribution in [0.4, 0.5) is 5.88 Å². The highest BCUT2D eigenvalue weighted by atomic mass is 32.2. The summed E-state index contributed by atoms with van der Waals surface area (Å²) in [5.74, 6) is -0.945.